The first-order valence-corrected chi connectivity index (χ1v) is 5.76. The lowest BCUT2D eigenvalue weighted by atomic mass is 9.77. The van der Waals surface area contributed by atoms with Crippen LogP contribution in [0.15, 0.2) is 10.8 Å². The molecule has 0 aromatic rings. The van der Waals surface area contributed by atoms with E-state index in [1.54, 1.807) is 0 Å². The predicted molar refractivity (Wildman–Crippen MR) is 63.2 cm³/mol. The van der Waals surface area contributed by atoms with Crippen molar-refractivity contribution in [3.63, 3.8) is 0 Å². The van der Waals surface area contributed by atoms with Crippen LogP contribution in [0.3, 0.4) is 0 Å². The molecule has 0 atom stereocenters. The van der Waals surface area contributed by atoms with Crippen LogP contribution in [0.25, 0.3) is 0 Å². The van der Waals surface area contributed by atoms with E-state index >= 15 is 0 Å². The van der Waals surface area contributed by atoms with E-state index in [-0.39, 0.29) is 0 Å². The van der Waals surface area contributed by atoms with Crippen LogP contribution in [-0.4, -0.2) is 19.6 Å². The number of aliphatic hydroxyl groups is 1. The second-order valence-electron chi connectivity index (χ2n) is 3.77. The van der Waals surface area contributed by atoms with Crippen LogP contribution < -0.4 is 0 Å². The van der Waals surface area contributed by atoms with E-state index in [0.717, 1.165) is 0 Å². The molecule has 0 radical (unpaired) electrons. The molecule has 0 amide bonds. The topological polar surface area (TPSA) is 37.3 Å². The Hall–Kier alpha value is 0.660. The maximum absolute atomic E-state index is 11.6. The number of halogens is 5. The van der Waals surface area contributed by atoms with Crippen molar-refractivity contribution in [2.24, 2.45) is 5.41 Å². The molecule has 0 heterocycles. The normalized spacial score (nSPS) is 28.1. The highest BCUT2D eigenvalue weighted by atomic mass is 35.5. The Kier molecular flexibility index (Phi) is 3.27. The van der Waals surface area contributed by atoms with Crippen molar-refractivity contribution in [1.29, 1.82) is 0 Å². The lowest BCUT2D eigenvalue weighted by Crippen LogP contribution is -2.56. The lowest BCUT2D eigenvalue weighted by molar-refractivity contribution is -0.118. The fourth-order valence-corrected chi connectivity index (χ4v) is 2.78. The highest BCUT2D eigenvalue weighted by Gasteiger charge is 2.65. The largest absolute Gasteiger partial charge is 0.507 e. The molecule has 0 aromatic heterocycles. The Balaban J connectivity index is 3.56. The molecule has 0 saturated heterocycles. The van der Waals surface area contributed by atoms with Crippen LogP contribution in [0.4, 0.5) is 0 Å². The van der Waals surface area contributed by atoms with Gasteiger partial charge in [-0.1, -0.05) is 71.9 Å². The van der Waals surface area contributed by atoms with Gasteiger partial charge in [0.15, 0.2) is 14.4 Å². The smallest absolute Gasteiger partial charge is 0.214 e. The highest BCUT2D eigenvalue weighted by molar-refractivity contribution is 6.67. The molecule has 15 heavy (non-hydrogen) atoms. The van der Waals surface area contributed by atoms with Crippen molar-refractivity contribution >= 4 is 63.8 Å². The van der Waals surface area contributed by atoms with Gasteiger partial charge < -0.3 is 5.11 Å². The van der Waals surface area contributed by atoms with E-state index in [0.29, 0.717) is 0 Å². The van der Waals surface area contributed by atoms with E-state index in [4.69, 9.17) is 58.0 Å². The van der Waals surface area contributed by atoms with Gasteiger partial charge in [0, 0.05) is 5.41 Å². The molecule has 0 spiro atoms. The van der Waals surface area contributed by atoms with Gasteiger partial charge in [-0.3, -0.25) is 4.79 Å². The van der Waals surface area contributed by atoms with Gasteiger partial charge in [0.05, 0.1) is 0 Å². The summed E-state index contributed by atoms with van der Waals surface area (Å²) in [4.78, 5) is 11.6. The van der Waals surface area contributed by atoms with Crippen molar-refractivity contribution in [1.82, 2.24) is 0 Å². The molecule has 86 valence electrons. The minimum Gasteiger partial charge on any atom is -0.507 e. The van der Waals surface area contributed by atoms with Crippen molar-refractivity contribution in [3.8, 4) is 0 Å². The van der Waals surface area contributed by atoms with Crippen molar-refractivity contribution in [2.45, 2.75) is 22.5 Å². The zero-order valence-corrected chi connectivity index (χ0v) is 11.5. The summed E-state index contributed by atoms with van der Waals surface area (Å²) >= 11 is 29.1. The van der Waals surface area contributed by atoms with E-state index < -0.39 is 30.7 Å². The molecule has 1 N–H and O–H groups in total. The summed E-state index contributed by atoms with van der Waals surface area (Å²) in [5, 5.41) is 9.05. The van der Waals surface area contributed by atoms with Crippen LogP contribution in [0, 0.1) is 5.41 Å². The van der Waals surface area contributed by atoms with Crippen molar-refractivity contribution < 1.29 is 9.90 Å². The van der Waals surface area contributed by atoms with Gasteiger partial charge in [-0.2, -0.15) is 0 Å². The van der Waals surface area contributed by atoms with Crippen LogP contribution in [0.2, 0.25) is 0 Å². The molecule has 0 fully saturated rings. The molecule has 1 aliphatic carbocycles. The molecular weight excluding hydrogens is 305 g/mol. The predicted octanol–water partition coefficient (Wildman–Crippen LogP) is 3.95. The Morgan fingerprint density at radius 2 is 1.47 bits per heavy atom. The first kappa shape index (κ1) is 13.7. The molecule has 7 heteroatoms. The zero-order valence-electron chi connectivity index (χ0n) is 7.75. The Bertz CT molecular complexity index is 356. The number of Topliss-reactive ketones (excluding diaryl/α,β-unsaturated/α-hetero) is 1. The third kappa shape index (κ3) is 1.57. The summed E-state index contributed by atoms with van der Waals surface area (Å²) in [6.45, 7) is 2.93. The minimum absolute atomic E-state index is 0.538. The molecule has 2 nitrogen and oxygen atoms in total. The maximum atomic E-state index is 11.6. The van der Waals surface area contributed by atoms with Crippen LogP contribution in [-0.2, 0) is 4.79 Å². The van der Waals surface area contributed by atoms with Crippen molar-refractivity contribution in [3.05, 3.63) is 10.8 Å². The number of hydrogen-bond donors (Lipinski definition) is 1. The second kappa shape index (κ2) is 3.58. The summed E-state index contributed by atoms with van der Waals surface area (Å²) in [5.41, 5.74) is -1.29. The second-order valence-corrected chi connectivity index (χ2v) is 6.80. The molecule has 1 rings (SSSR count). The summed E-state index contributed by atoms with van der Waals surface area (Å²) in [6, 6.07) is 0. The van der Waals surface area contributed by atoms with Crippen molar-refractivity contribution in [2.75, 3.05) is 0 Å². The van der Waals surface area contributed by atoms with Gasteiger partial charge in [0.1, 0.15) is 5.03 Å². The third-order valence-electron chi connectivity index (χ3n) is 2.56. The highest BCUT2D eigenvalue weighted by Crippen LogP contribution is 2.60. The molecule has 0 aliphatic heterocycles. The Morgan fingerprint density at radius 3 is 1.87 bits per heavy atom. The van der Waals surface area contributed by atoms with Crippen LogP contribution in [0.5, 0.6) is 0 Å². The van der Waals surface area contributed by atoms with E-state index in [9.17, 15) is 9.90 Å². The van der Waals surface area contributed by atoms with Crippen LogP contribution >= 0.6 is 58.0 Å². The fraction of sp³-hybridized carbons (Fsp3) is 0.625. The number of hydrogen-bond acceptors (Lipinski definition) is 2. The average Bonchev–Trinajstić information content (AvgIpc) is 2.12. The third-order valence-corrected chi connectivity index (χ3v) is 5.50. The number of carbonyl (C=O) groups is 1. The Labute approximate surface area is 112 Å². The van der Waals surface area contributed by atoms with Gasteiger partial charge in [-0.25, -0.2) is 0 Å². The number of ketones is 1. The molecule has 0 unspecified atom stereocenters. The number of allylic oxidation sites excluding steroid dienone is 2. The van der Waals surface area contributed by atoms with Crippen LogP contribution in [0.1, 0.15) is 13.8 Å². The quantitative estimate of drug-likeness (QED) is 0.688. The fourth-order valence-electron chi connectivity index (χ4n) is 1.16. The summed E-state index contributed by atoms with van der Waals surface area (Å²) in [6.07, 6.45) is 0. The number of carbonyl (C=O) groups excluding carboxylic acids is 1. The minimum atomic E-state index is -1.89. The summed E-state index contributed by atoms with van der Waals surface area (Å²) in [7, 11) is 0. The monoisotopic (exact) mass is 310 g/mol. The molecule has 1 aliphatic rings. The first-order valence-electron chi connectivity index (χ1n) is 3.87. The Morgan fingerprint density at radius 1 is 1.07 bits per heavy atom. The van der Waals surface area contributed by atoms with Gasteiger partial charge in [0.25, 0.3) is 0 Å². The van der Waals surface area contributed by atoms with E-state index in [2.05, 4.69) is 0 Å². The summed E-state index contributed by atoms with van der Waals surface area (Å²) in [5.74, 6) is -1.44. The SMILES string of the molecule is CC1(C)C(Cl)(Cl)C(=O)C(Cl)=C(O)C1(Cl)Cl. The zero-order chi connectivity index (χ0) is 12.2. The molecule has 0 bridgehead atoms. The first-order chi connectivity index (χ1) is 6.48. The standard InChI is InChI=1S/C8H7Cl5O2/c1-6(2)7(10,11)4(14)3(9)5(15)8(6,12)13/h14H,1-2H3. The molecule has 0 aromatic carbocycles. The van der Waals surface area contributed by atoms with Gasteiger partial charge in [-0.05, 0) is 0 Å². The summed E-state index contributed by atoms with van der Waals surface area (Å²) < 4.78 is -3.71. The maximum Gasteiger partial charge on any atom is 0.214 e. The van der Waals surface area contributed by atoms with Gasteiger partial charge >= 0.3 is 0 Å². The number of rotatable bonds is 0. The molecule has 0 saturated carbocycles. The molecular formula is C8H7Cl5O2. The van der Waals surface area contributed by atoms with E-state index in [1.165, 1.54) is 13.8 Å². The van der Waals surface area contributed by atoms with E-state index in [1.807, 2.05) is 0 Å². The van der Waals surface area contributed by atoms with Gasteiger partial charge in [-0.15, -0.1) is 0 Å². The number of alkyl halides is 4. The number of aliphatic hydroxyl groups excluding tert-OH is 1. The lowest BCUT2D eigenvalue weighted by Gasteiger charge is -2.46. The average molecular weight is 312 g/mol. The van der Waals surface area contributed by atoms with Gasteiger partial charge in [0.2, 0.25) is 5.78 Å².